The molecule has 2 amide bonds. The highest BCUT2D eigenvalue weighted by Crippen LogP contribution is 2.39. The monoisotopic (exact) mass is 330 g/mol. The van der Waals surface area contributed by atoms with Gasteiger partial charge in [-0.05, 0) is 18.4 Å². The Labute approximate surface area is 143 Å². The molecule has 4 rings (SSSR count). The summed E-state index contributed by atoms with van der Waals surface area (Å²) < 4.78 is 11.5. The van der Waals surface area contributed by atoms with Crippen molar-refractivity contribution in [2.24, 2.45) is 0 Å². The summed E-state index contributed by atoms with van der Waals surface area (Å²) in [5, 5.41) is 3.36. The van der Waals surface area contributed by atoms with Gasteiger partial charge >= 0.3 is 6.03 Å². The summed E-state index contributed by atoms with van der Waals surface area (Å²) in [6.07, 6.45) is 5.90. The molecule has 3 aliphatic rings. The minimum Gasteiger partial charge on any atom is -0.347 e. The molecule has 1 aromatic carbocycles. The van der Waals surface area contributed by atoms with Gasteiger partial charge in [-0.15, -0.1) is 0 Å². The second kappa shape index (κ2) is 6.37. The number of urea groups is 1. The summed E-state index contributed by atoms with van der Waals surface area (Å²) in [4.78, 5) is 14.8. The number of hydrogen-bond donors (Lipinski definition) is 1. The van der Waals surface area contributed by atoms with Gasteiger partial charge in [0.05, 0.1) is 18.8 Å². The number of nitrogens with one attached hydrogen (secondary N) is 1. The molecular formula is C19H26N2O3. The summed E-state index contributed by atoms with van der Waals surface area (Å²) in [7, 11) is 0. The summed E-state index contributed by atoms with van der Waals surface area (Å²) in [6, 6.07) is 10.5. The standard InChI is InChI=1S/C19H26N2O3/c22-17(21-12-10-19(11-13-21)23-14-15-24-19)20-18(8-4-5-9-18)16-6-2-1-3-7-16/h1-3,6-7H,4-5,8-15H2,(H,20,22). The van der Waals surface area contributed by atoms with Gasteiger partial charge in [-0.25, -0.2) is 4.79 Å². The van der Waals surface area contributed by atoms with Crippen LogP contribution in [0.5, 0.6) is 0 Å². The maximum Gasteiger partial charge on any atom is 0.318 e. The molecule has 1 spiro atoms. The molecule has 130 valence electrons. The fourth-order valence-corrected chi connectivity index (χ4v) is 4.34. The zero-order valence-electron chi connectivity index (χ0n) is 14.1. The molecule has 0 atom stereocenters. The third kappa shape index (κ3) is 2.91. The van der Waals surface area contributed by atoms with E-state index in [9.17, 15) is 4.79 Å². The van der Waals surface area contributed by atoms with Crippen molar-refractivity contribution >= 4 is 6.03 Å². The molecule has 2 aliphatic heterocycles. The van der Waals surface area contributed by atoms with E-state index in [1.165, 1.54) is 18.4 Å². The fraction of sp³-hybridized carbons (Fsp3) is 0.632. The fourth-order valence-electron chi connectivity index (χ4n) is 4.34. The molecule has 0 unspecified atom stereocenters. The van der Waals surface area contributed by atoms with E-state index in [0.717, 1.165) is 25.7 Å². The maximum atomic E-state index is 12.9. The average Bonchev–Trinajstić information content (AvgIpc) is 3.27. The molecule has 0 radical (unpaired) electrons. The van der Waals surface area contributed by atoms with Crippen LogP contribution in [0.4, 0.5) is 4.79 Å². The van der Waals surface area contributed by atoms with Gasteiger partial charge in [0.25, 0.3) is 0 Å². The number of ether oxygens (including phenoxy) is 2. The molecule has 2 heterocycles. The molecule has 1 aliphatic carbocycles. The first-order valence-corrected chi connectivity index (χ1v) is 9.12. The Kier molecular flexibility index (Phi) is 4.22. The Morgan fingerprint density at radius 3 is 2.21 bits per heavy atom. The van der Waals surface area contributed by atoms with E-state index < -0.39 is 5.79 Å². The lowest BCUT2D eigenvalue weighted by molar-refractivity contribution is -0.181. The second-order valence-corrected chi connectivity index (χ2v) is 7.18. The van der Waals surface area contributed by atoms with Crippen LogP contribution in [0.2, 0.25) is 0 Å². The van der Waals surface area contributed by atoms with Crippen molar-refractivity contribution < 1.29 is 14.3 Å². The predicted octanol–water partition coefficient (Wildman–Crippen LogP) is 3.00. The van der Waals surface area contributed by atoms with Gasteiger partial charge in [-0.1, -0.05) is 43.2 Å². The summed E-state index contributed by atoms with van der Waals surface area (Å²) in [5.41, 5.74) is 1.03. The first-order valence-electron chi connectivity index (χ1n) is 9.12. The summed E-state index contributed by atoms with van der Waals surface area (Å²) in [6.45, 7) is 2.72. The zero-order valence-corrected chi connectivity index (χ0v) is 14.1. The highest BCUT2D eigenvalue weighted by molar-refractivity contribution is 5.75. The quantitative estimate of drug-likeness (QED) is 0.907. The van der Waals surface area contributed by atoms with E-state index in [1.54, 1.807) is 0 Å². The van der Waals surface area contributed by atoms with Crippen LogP contribution < -0.4 is 5.32 Å². The van der Waals surface area contributed by atoms with Gasteiger partial charge in [-0.3, -0.25) is 0 Å². The van der Waals surface area contributed by atoms with Crippen molar-refractivity contribution in [3.63, 3.8) is 0 Å². The zero-order chi connectivity index (χ0) is 16.5. The smallest absolute Gasteiger partial charge is 0.318 e. The van der Waals surface area contributed by atoms with Gasteiger partial charge in [0.15, 0.2) is 5.79 Å². The van der Waals surface area contributed by atoms with Crippen molar-refractivity contribution in [3.05, 3.63) is 35.9 Å². The molecule has 3 fully saturated rings. The molecule has 1 N–H and O–H groups in total. The molecule has 2 saturated heterocycles. The van der Waals surface area contributed by atoms with E-state index in [2.05, 4.69) is 29.6 Å². The van der Waals surface area contributed by atoms with Crippen molar-refractivity contribution in [2.75, 3.05) is 26.3 Å². The van der Waals surface area contributed by atoms with Crippen LogP contribution in [-0.4, -0.2) is 43.0 Å². The number of carbonyl (C=O) groups is 1. The number of nitrogens with zero attached hydrogens (tertiary/aromatic N) is 1. The third-order valence-electron chi connectivity index (χ3n) is 5.76. The Bertz CT molecular complexity index is 568. The Hall–Kier alpha value is -1.59. The molecule has 0 aromatic heterocycles. The lowest BCUT2D eigenvalue weighted by Gasteiger charge is -2.40. The third-order valence-corrected chi connectivity index (χ3v) is 5.76. The Morgan fingerprint density at radius 1 is 0.958 bits per heavy atom. The van der Waals surface area contributed by atoms with E-state index in [0.29, 0.717) is 26.3 Å². The van der Waals surface area contributed by atoms with E-state index in [-0.39, 0.29) is 11.6 Å². The molecule has 5 nitrogen and oxygen atoms in total. The largest absolute Gasteiger partial charge is 0.347 e. The average molecular weight is 330 g/mol. The van der Waals surface area contributed by atoms with Crippen molar-refractivity contribution in [1.82, 2.24) is 10.2 Å². The van der Waals surface area contributed by atoms with Crippen LogP contribution in [0.25, 0.3) is 0 Å². The number of carbonyl (C=O) groups excluding carboxylic acids is 1. The van der Waals surface area contributed by atoms with Crippen LogP contribution in [0, 0.1) is 0 Å². The number of benzene rings is 1. The Balaban J connectivity index is 1.43. The summed E-state index contributed by atoms with van der Waals surface area (Å²) >= 11 is 0. The van der Waals surface area contributed by atoms with Crippen LogP contribution in [0.15, 0.2) is 30.3 Å². The topological polar surface area (TPSA) is 50.8 Å². The van der Waals surface area contributed by atoms with Gasteiger partial charge in [0.1, 0.15) is 0 Å². The lowest BCUT2D eigenvalue weighted by atomic mass is 9.88. The predicted molar refractivity (Wildman–Crippen MR) is 90.6 cm³/mol. The molecule has 24 heavy (non-hydrogen) atoms. The Morgan fingerprint density at radius 2 is 1.58 bits per heavy atom. The molecule has 1 aromatic rings. The number of piperidine rings is 1. The highest BCUT2D eigenvalue weighted by Gasteiger charge is 2.43. The van der Waals surface area contributed by atoms with Crippen LogP contribution in [0.3, 0.4) is 0 Å². The number of hydrogen-bond acceptors (Lipinski definition) is 3. The van der Waals surface area contributed by atoms with Crippen LogP contribution in [0.1, 0.15) is 44.1 Å². The summed E-state index contributed by atoms with van der Waals surface area (Å²) in [5.74, 6) is -0.429. The van der Waals surface area contributed by atoms with Gasteiger partial charge < -0.3 is 19.7 Å². The maximum absolute atomic E-state index is 12.9. The minimum absolute atomic E-state index is 0.0496. The lowest BCUT2D eigenvalue weighted by Crippen LogP contribution is -2.54. The van der Waals surface area contributed by atoms with E-state index in [4.69, 9.17) is 9.47 Å². The normalized spacial score (nSPS) is 25.1. The van der Waals surface area contributed by atoms with Crippen LogP contribution >= 0.6 is 0 Å². The highest BCUT2D eigenvalue weighted by atomic mass is 16.7. The van der Waals surface area contributed by atoms with Gasteiger partial charge in [-0.2, -0.15) is 0 Å². The van der Waals surface area contributed by atoms with Crippen LogP contribution in [-0.2, 0) is 15.0 Å². The number of likely N-dealkylation sites (tertiary alicyclic amines) is 1. The van der Waals surface area contributed by atoms with Crippen molar-refractivity contribution in [1.29, 1.82) is 0 Å². The number of amides is 2. The number of rotatable bonds is 2. The van der Waals surface area contributed by atoms with Crippen molar-refractivity contribution in [3.8, 4) is 0 Å². The molecule has 5 heteroatoms. The second-order valence-electron chi connectivity index (χ2n) is 7.18. The van der Waals surface area contributed by atoms with Gasteiger partial charge in [0, 0.05) is 25.9 Å². The first kappa shape index (κ1) is 15.9. The minimum atomic E-state index is -0.429. The molecule has 1 saturated carbocycles. The molecule has 0 bridgehead atoms. The van der Waals surface area contributed by atoms with E-state index in [1.807, 2.05) is 11.0 Å². The van der Waals surface area contributed by atoms with Gasteiger partial charge in [0.2, 0.25) is 0 Å². The SMILES string of the molecule is O=C(NC1(c2ccccc2)CCCC1)N1CCC2(CC1)OCCO2. The first-order chi connectivity index (χ1) is 11.7. The molecular weight excluding hydrogens is 304 g/mol. The van der Waals surface area contributed by atoms with E-state index >= 15 is 0 Å². The van der Waals surface area contributed by atoms with Crippen molar-refractivity contribution in [2.45, 2.75) is 49.9 Å².